The van der Waals surface area contributed by atoms with Gasteiger partial charge in [0.05, 0.1) is 15.9 Å². The first-order chi connectivity index (χ1) is 8.95. The van der Waals surface area contributed by atoms with Gasteiger partial charge in [-0.1, -0.05) is 6.92 Å². The Balaban J connectivity index is 2.82. The fourth-order valence-electron chi connectivity index (χ4n) is 1.47. The number of nitro groups is 2. The maximum atomic E-state index is 10.9. The zero-order valence-electron chi connectivity index (χ0n) is 10.8. The average molecular weight is 268 g/mol. The van der Waals surface area contributed by atoms with E-state index in [1.165, 1.54) is 12.1 Å². The molecular weight excluding hydrogens is 252 g/mol. The summed E-state index contributed by atoms with van der Waals surface area (Å²) in [5.41, 5.74) is -0.281. The van der Waals surface area contributed by atoms with Crippen LogP contribution in [0.1, 0.15) is 6.92 Å². The second-order valence-corrected chi connectivity index (χ2v) is 4.04. The molecule has 0 aliphatic carbocycles. The van der Waals surface area contributed by atoms with E-state index in [0.717, 1.165) is 19.2 Å². The van der Waals surface area contributed by atoms with Gasteiger partial charge in [-0.2, -0.15) is 0 Å². The predicted molar refractivity (Wildman–Crippen MR) is 71.4 cm³/mol. The van der Waals surface area contributed by atoms with E-state index in [1.54, 1.807) is 0 Å². The van der Waals surface area contributed by atoms with Crippen LogP contribution in [0.2, 0.25) is 0 Å². The van der Waals surface area contributed by atoms with Gasteiger partial charge >= 0.3 is 0 Å². The number of rotatable bonds is 7. The highest BCUT2D eigenvalue weighted by molar-refractivity contribution is 5.65. The molecule has 1 N–H and O–H groups in total. The molecule has 0 aliphatic rings. The molecule has 0 atom stereocenters. The lowest BCUT2D eigenvalue weighted by Gasteiger charge is -2.14. The normalized spacial score (nSPS) is 10.5. The lowest BCUT2D eigenvalue weighted by Crippen LogP contribution is -2.24. The maximum absolute atomic E-state index is 10.9. The van der Waals surface area contributed by atoms with Gasteiger partial charge in [-0.05, 0) is 19.7 Å². The van der Waals surface area contributed by atoms with E-state index in [0.29, 0.717) is 12.2 Å². The Hall–Kier alpha value is -2.22. The van der Waals surface area contributed by atoms with Gasteiger partial charge in [0.2, 0.25) is 0 Å². The van der Waals surface area contributed by atoms with Gasteiger partial charge < -0.3 is 10.2 Å². The highest BCUT2D eigenvalue weighted by Crippen LogP contribution is 2.28. The fourth-order valence-corrected chi connectivity index (χ4v) is 1.47. The molecule has 8 heteroatoms. The van der Waals surface area contributed by atoms with E-state index in [-0.39, 0.29) is 11.4 Å². The number of non-ortho nitro benzene ring substituents is 1. The van der Waals surface area contributed by atoms with Crippen molar-refractivity contribution in [3.8, 4) is 0 Å². The smallest absolute Gasteiger partial charge is 0.299 e. The molecule has 1 rings (SSSR count). The highest BCUT2D eigenvalue weighted by atomic mass is 16.6. The van der Waals surface area contributed by atoms with Crippen LogP contribution < -0.4 is 5.32 Å². The van der Waals surface area contributed by atoms with Crippen LogP contribution in [0.25, 0.3) is 0 Å². The quantitative estimate of drug-likeness (QED) is 0.598. The van der Waals surface area contributed by atoms with Crippen molar-refractivity contribution in [2.24, 2.45) is 0 Å². The Bertz CT molecular complexity index is 478. The zero-order chi connectivity index (χ0) is 14.4. The summed E-state index contributed by atoms with van der Waals surface area (Å²) < 4.78 is 0. The van der Waals surface area contributed by atoms with Crippen molar-refractivity contribution >= 4 is 17.1 Å². The molecule has 104 valence electrons. The fraction of sp³-hybridized carbons (Fsp3) is 0.455. The van der Waals surface area contributed by atoms with Crippen molar-refractivity contribution in [3.63, 3.8) is 0 Å². The van der Waals surface area contributed by atoms with Crippen molar-refractivity contribution in [2.45, 2.75) is 6.92 Å². The monoisotopic (exact) mass is 268 g/mol. The Kier molecular flexibility index (Phi) is 5.19. The number of likely N-dealkylation sites (N-methyl/N-ethyl adjacent to an activating group) is 1. The molecule has 0 spiro atoms. The van der Waals surface area contributed by atoms with Crippen LogP contribution in [0.5, 0.6) is 0 Å². The first-order valence-corrected chi connectivity index (χ1v) is 5.81. The first kappa shape index (κ1) is 14.8. The Morgan fingerprint density at radius 2 is 1.95 bits per heavy atom. The summed E-state index contributed by atoms with van der Waals surface area (Å²) in [6.45, 7) is 4.14. The van der Waals surface area contributed by atoms with Crippen molar-refractivity contribution in [1.82, 2.24) is 4.90 Å². The summed E-state index contributed by atoms with van der Waals surface area (Å²) in [5, 5.41) is 24.4. The molecule has 0 amide bonds. The number of nitro benzene ring substituents is 2. The first-order valence-electron chi connectivity index (χ1n) is 5.81. The number of hydrogen-bond acceptors (Lipinski definition) is 6. The summed E-state index contributed by atoms with van der Waals surface area (Å²) in [6.07, 6.45) is 0. The van der Waals surface area contributed by atoms with Gasteiger partial charge in [0.15, 0.2) is 0 Å². The topological polar surface area (TPSA) is 102 Å². The van der Waals surface area contributed by atoms with E-state index >= 15 is 0 Å². The minimum atomic E-state index is -0.651. The molecular formula is C11H16N4O4. The van der Waals surface area contributed by atoms with Crippen molar-refractivity contribution in [3.05, 3.63) is 38.4 Å². The Morgan fingerprint density at radius 3 is 2.47 bits per heavy atom. The molecule has 1 aromatic rings. The second kappa shape index (κ2) is 6.64. The van der Waals surface area contributed by atoms with Gasteiger partial charge in [-0.15, -0.1) is 0 Å². The lowest BCUT2D eigenvalue weighted by atomic mass is 10.2. The van der Waals surface area contributed by atoms with Crippen LogP contribution >= 0.6 is 0 Å². The maximum Gasteiger partial charge on any atom is 0.299 e. The van der Waals surface area contributed by atoms with E-state index < -0.39 is 9.85 Å². The average Bonchev–Trinajstić information content (AvgIpc) is 2.38. The molecule has 0 bridgehead atoms. The van der Waals surface area contributed by atoms with Crippen LogP contribution in [-0.4, -0.2) is 41.4 Å². The molecule has 0 aromatic heterocycles. The number of nitrogens with zero attached hydrogens (tertiary/aromatic N) is 3. The molecule has 0 unspecified atom stereocenters. The molecule has 0 saturated heterocycles. The second-order valence-electron chi connectivity index (χ2n) is 4.04. The standard InChI is InChI=1S/C11H16N4O4/c1-3-13(2)7-6-12-10-5-4-9(14(16)17)8-11(10)15(18)19/h4-5,8,12H,3,6-7H2,1-2H3. The van der Waals surface area contributed by atoms with Gasteiger partial charge in [0, 0.05) is 19.2 Å². The van der Waals surface area contributed by atoms with Crippen LogP contribution in [0.15, 0.2) is 18.2 Å². The minimum Gasteiger partial charge on any atom is -0.378 e. The van der Waals surface area contributed by atoms with E-state index in [1.807, 2.05) is 18.9 Å². The van der Waals surface area contributed by atoms with Crippen molar-refractivity contribution in [2.75, 3.05) is 32.0 Å². The van der Waals surface area contributed by atoms with Crippen LogP contribution in [0.3, 0.4) is 0 Å². The van der Waals surface area contributed by atoms with E-state index in [2.05, 4.69) is 5.32 Å². The van der Waals surface area contributed by atoms with Crippen LogP contribution in [0.4, 0.5) is 17.1 Å². The number of benzene rings is 1. The highest BCUT2D eigenvalue weighted by Gasteiger charge is 2.18. The number of hydrogen-bond donors (Lipinski definition) is 1. The van der Waals surface area contributed by atoms with Crippen LogP contribution in [0, 0.1) is 20.2 Å². The number of anilines is 1. The molecule has 19 heavy (non-hydrogen) atoms. The Morgan fingerprint density at radius 1 is 1.26 bits per heavy atom. The van der Waals surface area contributed by atoms with Crippen LogP contribution in [-0.2, 0) is 0 Å². The summed E-state index contributed by atoms with van der Waals surface area (Å²) in [4.78, 5) is 22.2. The SMILES string of the molecule is CCN(C)CCNc1ccc([N+](=O)[O-])cc1[N+](=O)[O-]. The van der Waals surface area contributed by atoms with Crippen molar-refractivity contribution < 1.29 is 9.85 Å². The van der Waals surface area contributed by atoms with Gasteiger partial charge in [0.25, 0.3) is 11.4 Å². The van der Waals surface area contributed by atoms with Crippen molar-refractivity contribution in [1.29, 1.82) is 0 Å². The molecule has 0 heterocycles. The largest absolute Gasteiger partial charge is 0.378 e. The molecule has 0 saturated carbocycles. The summed E-state index contributed by atoms with van der Waals surface area (Å²) in [5.74, 6) is 0. The van der Waals surface area contributed by atoms with Gasteiger partial charge in [-0.3, -0.25) is 20.2 Å². The summed E-state index contributed by atoms with van der Waals surface area (Å²) in [7, 11) is 1.94. The third-order valence-corrected chi connectivity index (χ3v) is 2.74. The third-order valence-electron chi connectivity index (χ3n) is 2.74. The molecule has 0 radical (unpaired) electrons. The Labute approximate surface area is 110 Å². The zero-order valence-corrected chi connectivity index (χ0v) is 10.8. The molecule has 1 aromatic carbocycles. The molecule has 8 nitrogen and oxygen atoms in total. The molecule has 0 aliphatic heterocycles. The number of nitrogens with one attached hydrogen (secondary N) is 1. The summed E-state index contributed by atoms with van der Waals surface area (Å²) >= 11 is 0. The minimum absolute atomic E-state index is 0.284. The summed E-state index contributed by atoms with van der Waals surface area (Å²) in [6, 6.07) is 3.58. The van der Waals surface area contributed by atoms with E-state index in [9.17, 15) is 20.2 Å². The molecule has 0 fully saturated rings. The van der Waals surface area contributed by atoms with Gasteiger partial charge in [0.1, 0.15) is 5.69 Å². The third kappa shape index (κ3) is 4.18. The van der Waals surface area contributed by atoms with Gasteiger partial charge in [-0.25, -0.2) is 0 Å². The van der Waals surface area contributed by atoms with E-state index in [4.69, 9.17) is 0 Å². The predicted octanol–water partition coefficient (Wildman–Crippen LogP) is 1.87. The lowest BCUT2D eigenvalue weighted by molar-refractivity contribution is -0.393.